The standard InChI is InChI=1S/C21H21FN4O/c1-4-26(16-9-7-8-14(2)12-16)21(27)19-13-20(24-15(3)23-19)25-18-11-6-5-10-17(18)22/h5-13H,4H2,1-3H3,(H,23,24,25). The van der Waals surface area contributed by atoms with E-state index in [9.17, 15) is 9.18 Å². The summed E-state index contributed by atoms with van der Waals surface area (Å²) in [7, 11) is 0. The van der Waals surface area contributed by atoms with Gasteiger partial charge in [-0.25, -0.2) is 14.4 Å². The van der Waals surface area contributed by atoms with E-state index in [4.69, 9.17) is 0 Å². The van der Waals surface area contributed by atoms with Crippen LogP contribution in [0.3, 0.4) is 0 Å². The molecule has 3 rings (SSSR count). The zero-order valence-electron chi connectivity index (χ0n) is 15.5. The van der Waals surface area contributed by atoms with Crippen molar-refractivity contribution in [3.8, 4) is 0 Å². The fraction of sp³-hybridized carbons (Fsp3) is 0.190. The number of aromatic nitrogens is 2. The number of hydrogen-bond donors (Lipinski definition) is 1. The van der Waals surface area contributed by atoms with Crippen LogP contribution in [0.15, 0.2) is 54.6 Å². The number of nitrogens with zero attached hydrogens (tertiary/aromatic N) is 3. The molecule has 1 amide bonds. The highest BCUT2D eigenvalue weighted by atomic mass is 19.1. The third kappa shape index (κ3) is 4.28. The molecule has 3 aromatic rings. The van der Waals surface area contributed by atoms with E-state index in [1.807, 2.05) is 38.1 Å². The first-order chi connectivity index (χ1) is 13.0. The maximum atomic E-state index is 13.9. The number of benzene rings is 2. The molecule has 0 unspecified atom stereocenters. The summed E-state index contributed by atoms with van der Waals surface area (Å²) in [6.45, 7) is 6.09. The molecule has 0 atom stereocenters. The van der Waals surface area contributed by atoms with Gasteiger partial charge in [0.25, 0.3) is 5.91 Å². The minimum Gasteiger partial charge on any atom is -0.338 e. The van der Waals surface area contributed by atoms with Gasteiger partial charge in [-0.2, -0.15) is 0 Å². The Hall–Kier alpha value is -3.28. The quantitative estimate of drug-likeness (QED) is 0.716. The van der Waals surface area contributed by atoms with Crippen LogP contribution < -0.4 is 10.2 Å². The molecule has 0 aliphatic heterocycles. The zero-order valence-corrected chi connectivity index (χ0v) is 15.5. The first-order valence-electron chi connectivity index (χ1n) is 8.73. The molecule has 5 nitrogen and oxygen atoms in total. The molecule has 0 aliphatic carbocycles. The number of anilines is 3. The Balaban J connectivity index is 1.92. The van der Waals surface area contributed by atoms with Crippen molar-refractivity contribution in [3.63, 3.8) is 0 Å². The van der Waals surface area contributed by atoms with Crippen molar-refractivity contribution in [2.45, 2.75) is 20.8 Å². The highest BCUT2D eigenvalue weighted by Crippen LogP contribution is 2.21. The summed E-state index contributed by atoms with van der Waals surface area (Å²) in [6.07, 6.45) is 0. The largest absolute Gasteiger partial charge is 0.338 e. The van der Waals surface area contributed by atoms with Gasteiger partial charge >= 0.3 is 0 Å². The topological polar surface area (TPSA) is 58.1 Å². The highest BCUT2D eigenvalue weighted by molar-refractivity contribution is 6.05. The molecule has 0 bridgehead atoms. The molecule has 6 heteroatoms. The highest BCUT2D eigenvalue weighted by Gasteiger charge is 2.19. The van der Waals surface area contributed by atoms with Crippen molar-refractivity contribution in [2.24, 2.45) is 0 Å². The van der Waals surface area contributed by atoms with Gasteiger partial charge in [0.1, 0.15) is 23.2 Å². The van der Waals surface area contributed by atoms with E-state index in [1.54, 1.807) is 36.1 Å². The summed E-state index contributed by atoms with van der Waals surface area (Å²) in [4.78, 5) is 23.2. The second kappa shape index (κ2) is 7.95. The average Bonchev–Trinajstić information content (AvgIpc) is 2.64. The molecule has 1 heterocycles. The Morgan fingerprint density at radius 3 is 2.56 bits per heavy atom. The van der Waals surface area contributed by atoms with E-state index in [0.29, 0.717) is 23.9 Å². The maximum absolute atomic E-state index is 13.9. The summed E-state index contributed by atoms with van der Waals surface area (Å²) >= 11 is 0. The van der Waals surface area contributed by atoms with E-state index in [2.05, 4.69) is 15.3 Å². The Bertz CT molecular complexity index is 974. The van der Waals surface area contributed by atoms with Crippen molar-refractivity contribution in [2.75, 3.05) is 16.8 Å². The summed E-state index contributed by atoms with van der Waals surface area (Å²) in [5, 5.41) is 2.92. The Morgan fingerprint density at radius 2 is 1.85 bits per heavy atom. The van der Waals surface area contributed by atoms with Crippen molar-refractivity contribution < 1.29 is 9.18 Å². The molecule has 138 valence electrons. The lowest BCUT2D eigenvalue weighted by molar-refractivity contribution is 0.0983. The van der Waals surface area contributed by atoms with Gasteiger partial charge in [-0.05, 0) is 50.6 Å². The van der Waals surface area contributed by atoms with E-state index in [-0.39, 0.29) is 11.6 Å². The van der Waals surface area contributed by atoms with Gasteiger partial charge in [-0.3, -0.25) is 4.79 Å². The molecular formula is C21H21FN4O. The fourth-order valence-corrected chi connectivity index (χ4v) is 2.82. The second-order valence-corrected chi connectivity index (χ2v) is 6.18. The molecule has 0 aliphatic rings. The number of para-hydroxylation sites is 1. The number of aryl methyl sites for hydroxylation is 2. The van der Waals surface area contributed by atoms with Gasteiger partial charge in [-0.15, -0.1) is 0 Å². The summed E-state index contributed by atoms with van der Waals surface area (Å²) in [5.41, 5.74) is 2.42. The van der Waals surface area contributed by atoms with E-state index < -0.39 is 5.82 Å². The third-order valence-corrected chi connectivity index (χ3v) is 4.07. The van der Waals surface area contributed by atoms with Gasteiger partial charge in [0.05, 0.1) is 5.69 Å². The molecule has 27 heavy (non-hydrogen) atoms. The smallest absolute Gasteiger partial charge is 0.277 e. The SMILES string of the molecule is CCN(C(=O)c1cc(Nc2ccccc2F)nc(C)n1)c1cccc(C)c1. The lowest BCUT2D eigenvalue weighted by Gasteiger charge is -2.21. The first kappa shape index (κ1) is 18.5. The minimum absolute atomic E-state index is 0.231. The van der Waals surface area contributed by atoms with Crippen LogP contribution in [-0.4, -0.2) is 22.4 Å². The van der Waals surface area contributed by atoms with Crippen LogP contribution in [0.1, 0.15) is 28.8 Å². The van der Waals surface area contributed by atoms with Crippen LogP contribution in [-0.2, 0) is 0 Å². The average molecular weight is 364 g/mol. The number of carbonyl (C=O) groups is 1. The predicted molar refractivity (Wildman–Crippen MR) is 105 cm³/mol. The Kier molecular flexibility index (Phi) is 5.45. The van der Waals surface area contributed by atoms with Crippen LogP contribution in [0, 0.1) is 19.7 Å². The van der Waals surface area contributed by atoms with Crippen LogP contribution in [0.25, 0.3) is 0 Å². The Morgan fingerprint density at radius 1 is 1.07 bits per heavy atom. The number of nitrogens with one attached hydrogen (secondary N) is 1. The van der Waals surface area contributed by atoms with Gasteiger partial charge in [0.2, 0.25) is 0 Å². The van der Waals surface area contributed by atoms with Crippen molar-refractivity contribution in [1.82, 2.24) is 9.97 Å². The predicted octanol–water partition coefficient (Wildman–Crippen LogP) is 4.64. The van der Waals surface area contributed by atoms with E-state index in [0.717, 1.165) is 11.3 Å². The normalized spacial score (nSPS) is 10.5. The summed E-state index contributed by atoms with van der Waals surface area (Å²) in [5.74, 6) is 0.179. The molecule has 1 N–H and O–H groups in total. The Labute approximate surface area is 157 Å². The van der Waals surface area contributed by atoms with Crippen molar-refractivity contribution in [1.29, 1.82) is 0 Å². The molecule has 2 aromatic carbocycles. The van der Waals surface area contributed by atoms with Gasteiger partial charge in [0, 0.05) is 18.3 Å². The van der Waals surface area contributed by atoms with Crippen molar-refractivity contribution in [3.05, 3.63) is 77.5 Å². The molecule has 1 aromatic heterocycles. The molecule has 0 saturated carbocycles. The number of carbonyl (C=O) groups excluding carboxylic acids is 1. The van der Waals surface area contributed by atoms with Crippen LogP contribution in [0.5, 0.6) is 0 Å². The fourth-order valence-electron chi connectivity index (χ4n) is 2.82. The molecule has 0 spiro atoms. The van der Waals surface area contributed by atoms with Gasteiger partial charge in [-0.1, -0.05) is 24.3 Å². The summed E-state index contributed by atoms with van der Waals surface area (Å²) < 4.78 is 13.9. The first-order valence-corrected chi connectivity index (χ1v) is 8.73. The number of halogens is 1. The number of rotatable bonds is 5. The lowest BCUT2D eigenvalue weighted by Crippen LogP contribution is -2.31. The van der Waals surface area contributed by atoms with Gasteiger partial charge in [0.15, 0.2) is 0 Å². The molecular weight excluding hydrogens is 343 g/mol. The van der Waals surface area contributed by atoms with E-state index in [1.165, 1.54) is 6.07 Å². The van der Waals surface area contributed by atoms with Crippen LogP contribution >= 0.6 is 0 Å². The second-order valence-electron chi connectivity index (χ2n) is 6.18. The van der Waals surface area contributed by atoms with E-state index >= 15 is 0 Å². The van der Waals surface area contributed by atoms with Crippen LogP contribution in [0.4, 0.5) is 21.6 Å². The molecule has 0 fully saturated rings. The number of hydrogen-bond acceptors (Lipinski definition) is 4. The number of amides is 1. The van der Waals surface area contributed by atoms with Crippen molar-refractivity contribution >= 4 is 23.1 Å². The maximum Gasteiger partial charge on any atom is 0.277 e. The summed E-state index contributed by atoms with van der Waals surface area (Å²) in [6, 6.07) is 15.6. The monoisotopic (exact) mass is 364 g/mol. The molecule has 0 saturated heterocycles. The van der Waals surface area contributed by atoms with Crippen LogP contribution in [0.2, 0.25) is 0 Å². The third-order valence-electron chi connectivity index (χ3n) is 4.07. The zero-order chi connectivity index (χ0) is 19.4. The van der Waals surface area contributed by atoms with Gasteiger partial charge < -0.3 is 10.2 Å². The minimum atomic E-state index is -0.392. The molecule has 0 radical (unpaired) electrons. The lowest BCUT2D eigenvalue weighted by atomic mass is 10.2.